The fourth-order valence-electron chi connectivity index (χ4n) is 1.09. The molecule has 2 aromatic rings. The molecule has 0 aromatic carbocycles. The molecule has 0 spiro atoms. The molecule has 4 nitrogen and oxygen atoms in total. The lowest BCUT2D eigenvalue weighted by atomic mass is 10.4. The first-order valence-corrected chi connectivity index (χ1v) is 5.43. The summed E-state index contributed by atoms with van der Waals surface area (Å²) in [6.45, 7) is 1.92. The van der Waals surface area contributed by atoms with Gasteiger partial charge in [-0.3, -0.25) is 0 Å². The van der Waals surface area contributed by atoms with Crippen LogP contribution in [-0.2, 0) is 0 Å². The first-order valence-electron chi connectivity index (χ1n) is 4.61. The predicted molar refractivity (Wildman–Crippen MR) is 59.8 cm³/mol. The van der Waals surface area contributed by atoms with Gasteiger partial charge in [-0.25, -0.2) is 15.0 Å². The minimum atomic E-state index is 0.412. The van der Waals surface area contributed by atoms with E-state index in [0.29, 0.717) is 10.9 Å². The molecule has 0 unspecified atom stereocenters. The number of hydrogen-bond acceptors (Lipinski definition) is 5. The summed E-state index contributed by atoms with van der Waals surface area (Å²) in [4.78, 5) is 13.3. The molecule has 0 amide bonds. The smallest absolute Gasteiger partial charge is 0.192 e. The normalized spacial score (nSPS) is 9.75. The molecular weight excluding hydrogens is 220 g/mol. The Bertz CT molecular complexity index is 530. The van der Waals surface area contributed by atoms with Crippen LogP contribution < -0.4 is 0 Å². The van der Waals surface area contributed by atoms with Crippen LogP contribution in [0.15, 0.2) is 40.6 Å². The van der Waals surface area contributed by atoms with Crippen molar-refractivity contribution in [2.45, 2.75) is 17.0 Å². The molecule has 78 valence electrons. The van der Waals surface area contributed by atoms with Gasteiger partial charge >= 0.3 is 0 Å². The number of aryl methyl sites for hydroxylation is 1. The molecule has 2 aromatic heterocycles. The molecule has 0 aliphatic rings. The first-order chi connectivity index (χ1) is 7.78. The second kappa shape index (κ2) is 4.73. The van der Waals surface area contributed by atoms with Gasteiger partial charge in [0.25, 0.3) is 0 Å². The molecular formula is C11H8N4S. The highest BCUT2D eigenvalue weighted by molar-refractivity contribution is 7.99. The summed E-state index contributed by atoms with van der Waals surface area (Å²) in [5.41, 5.74) is 1.34. The molecule has 0 radical (unpaired) electrons. The SMILES string of the molecule is Cc1ccnc(Sc2ccc(C#N)nc2)n1. The molecule has 5 heteroatoms. The molecule has 0 atom stereocenters. The summed E-state index contributed by atoms with van der Waals surface area (Å²) in [6.07, 6.45) is 3.37. The number of rotatable bonds is 2. The van der Waals surface area contributed by atoms with Crippen LogP contribution in [0, 0.1) is 18.3 Å². The van der Waals surface area contributed by atoms with Crippen molar-refractivity contribution in [1.82, 2.24) is 15.0 Å². The van der Waals surface area contributed by atoms with E-state index in [4.69, 9.17) is 5.26 Å². The second-order valence-electron chi connectivity index (χ2n) is 3.07. The van der Waals surface area contributed by atoms with Crippen LogP contribution in [0.5, 0.6) is 0 Å². The highest BCUT2D eigenvalue weighted by Crippen LogP contribution is 2.23. The van der Waals surface area contributed by atoms with Crippen LogP contribution >= 0.6 is 11.8 Å². The number of hydrogen-bond donors (Lipinski definition) is 0. The van der Waals surface area contributed by atoms with E-state index < -0.39 is 0 Å². The molecule has 16 heavy (non-hydrogen) atoms. The van der Waals surface area contributed by atoms with E-state index in [1.165, 1.54) is 11.8 Å². The van der Waals surface area contributed by atoms with Crippen molar-refractivity contribution in [2.24, 2.45) is 0 Å². The van der Waals surface area contributed by atoms with Crippen LogP contribution in [-0.4, -0.2) is 15.0 Å². The van der Waals surface area contributed by atoms with Gasteiger partial charge in [-0.1, -0.05) is 0 Å². The number of nitriles is 1. The molecule has 0 saturated carbocycles. The zero-order valence-electron chi connectivity index (χ0n) is 8.58. The Morgan fingerprint density at radius 1 is 1.25 bits per heavy atom. The van der Waals surface area contributed by atoms with Gasteiger partial charge in [0.05, 0.1) is 0 Å². The lowest BCUT2D eigenvalue weighted by Crippen LogP contribution is -1.88. The zero-order chi connectivity index (χ0) is 11.4. The van der Waals surface area contributed by atoms with E-state index >= 15 is 0 Å². The van der Waals surface area contributed by atoms with Gasteiger partial charge < -0.3 is 0 Å². The van der Waals surface area contributed by atoms with Gasteiger partial charge in [0.1, 0.15) is 11.8 Å². The maximum Gasteiger partial charge on any atom is 0.192 e. The van der Waals surface area contributed by atoms with E-state index in [0.717, 1.165) is 10.6 Å². The Morgan fingerprint density at radius 3 is 2.75 bits per heavy atom. The third-order valence-electron chi connectivity index (χ3n) is 1.83. The highest BCUT2D eigenvalue weighted by Gasteiger charge is 2.01. The number of pyridine rings is 1. The van der Waals surface area contributed by atoms with Crippen molar-refractivity contribution in [1.29, 1.82) is 5.26 Å². The Morgan fingerprint density at radius 2 is 2.12 bits per heavy atom. The highest BCUT2D eigenvalue weighted by atomic mass is 32.2. The largest absolute Gasteiger partial charge is 0.244 e. The molecule has 0 fully saturated rings. The molecule has 2 rings (SSSR count). The van der Waals surface area contributed by atoms with Crippen LogP contribution in [0.1, 0.15) is 11.4 Å². The Balaban J connectivity index is 2.18. The first kappa shape index (κ1) is 10.6. The van der Waals surface area contributed by atoms with Crippen molar-refractivity contribution in [3.05, 3.63) is 42.0 Å². The minimum Gasteiger partial charge on any atom is -0.244 e. The van der Waals surface area contributed by atoms with Crippen molar-refractivity contribution in [3.63, 3.8) is 0 Å². The second-order valence-corrected chi connectivity index (χ2v) is 4.11. The quantitative estimate of drug-likeness (QED) is 0.737. The predicted octanol–water partition coefficient (Wildman–Crippen LogP) is 2.20. The summed E-state index contributed by atoms with van der Waals surface area (Å²) in [7, 11) is 0. The summed E-state index contributed by atoms with van der Waals surface area (Å²) >= 11 is 1.43. The average molecular weight is 228 g/mol. The topological polar surface area (TPSA) is 62.5 Å². The minimum absolute atomic E-state index is 0.412. The molecule has 0 aliphatic heterocycles. The van der Waals surface area contributed by atoms with Crippen molar-refractivity contribution in [2.75, 3.05) is 0 Å². The third kappa shape index (κ3) is 2.55. The van der Waals surface area contributed by atoms with Crippen molar-refractivity contribution in [3.8, 4) is 6.07 Å². The number of nitrogens with zero attached hydrogens (tertiary/aromatic N) is 4. The Hall–Kier alpha value is -1.93. The van der Waals surface area contributed by atoms with E-state index in [9.17, 15) is 0 Å². The molecule has 0 saturated heterocycles. The molecule has 0 aliphatic carbocycles. The van der Waals surface area contributed by atoms with Gasteiger partial charge in [-0.15, -0.1) is 0 Å². The lowest BCUT2D eigenvalue weighted by Gasteiger charge is -1.99. The fraction of sp³-hybridized carbons (Fsp3) is 0.0909. The van der Waals surface area contributed by atoms with Gasteiger partial charge in [0, 0.05) is 23.0 Å². The summed E-state index contributed by atoms with van der Waals surface area (Å²) < 4.78 is 0. The van der Waals surface area contributed by atoms with Crippen LogP contribution in [0.3, 0.4) is 0 Å². The Kier molecular flexibility index (Phi) is 3.13. The van der Waals surface area contributed by atoms with Crippen LogP contribution in [0.25, 0.3) is 0 Å². The molecule has 2 heterocycles. The fourth-order valence-corrected chi connectivity index (χ4v) is 1.84. The molecule has 0 bridgehead atoms. The van der Waals surface area contributed by atoms with Gasteiger partial charge in [0.15, 0.2) is 5.16 Å². The van der Waals surface area contributed by atoms with E-state index in [2.05, 4.69) is 15.0 Å². The van der Waals surface area contributed by atoms with Crippen molar-refractivity contribution < 1.29 is 0 Å². The van der Waals surface area contributed by atoms with E-state index in [1.807, 2.05) is 25.1 Å². The van der Waals surface area contributed by atoms with Gasteiger partial charge in [0.2, 0.25) is 0 Å². The summed E-state index contributed by atoms with van der Waals surface area (Å²) in [6, 6.07) is 7.34. The maximum atomic E-state index is 8.61. The van der Waals surface area contributed by atoms with E-state index in [1.54, 1.807) is 18.5 Å². The van der Waals surface area contributed by atoms with Crippen LogP contribution in [0.2, 0.25) is 0 Å². The molecule has 0 N–H and O–H groups in total. The van der Waals surface area contributed by atoms with E-state index in [-0.39, 0.29) is 0 Å². The van der Waals surface area contributed by atoms with Crippen LogP contribution in [0.4, 0.5) is 0 Å². The van der Waals surface area contributed by atoms with Crippen molar-refractivity contribution >= 4 is 11.8 Å². The Labute approximate surface area is 97.4 Å². The summed E-state index contributed by atoms with van der Waals surface area (Å²) in [5.74, 6) is 0. The number of aromatic nitrogens is 3. The average Bonchev–Trinajstić information content (AvgIpc) is 2.30. The third-order valence-corrected chi connectivity index (χ3v) is 2.69. The zero-order valence-corrected chi connectivity index (χ0v) is 9.40. The monoisotopic (exact) mass is 228 g/mol. The summed E-state index contributed by atoms with van der Waals surface area (Å²) in [5, 5.41) is 9.30. The standard InChI is InChI=1S/C11H8N4S/c1-8-4-5-13-11(15-8)16-10-3-2-9(6-12)14-7-10/h2-5,7H,1H3. The lowest BCUT2D eigenvalue weighted by molar-refractivity contribution is 0.931. The van der Waals surface area contributed by atoms with Gasteiger partial charge in [-0.05, 0) is 36.9 Å². The maximum absolute atomic E-state index is 8.61. The van der Waals surface area contributed by atoms with Gasteiger partial charge in [-0.2, -0.15) is 5.26 Å².